The minimum atomic E-state index is -0.419. The van der Waals surface area contributed by atoms with Crippen LogP contribution in [0.2, 0.25) is 0 Å². The van der Waals surface area contributed by atoms with Crippen LogP contribution in [0.3, 0.4) is 0 Å². The Balaban J connectivity index is 2.22. The molecule has 0 bridgehead atoms. The van der Waals surface area contributed by atoms with Crippen molar-refractivity contribution in [3.63, 3.8) is 0 Å². The fourth-order valence-corrected chi connectivity index (χ4v) is 0.758. The predicted octanol–water partition coefficient (Wildman–Crippen LogP) is -0.164. The molecule has 0 saturated heterocycles. The molecule has 1 aliphatic carbocycles. The summed E-state index contributed by atoms with van der Waals surface area (Å²) in [6.45, 7) is 0. The van der Waals surface area contributed by atoms with Gasteiger partial charge in [-0.05, 0) is 12.3 Å². The number of nitrogens with two attached hydrogens (primary N) is 1. The van der Waals surface area contributed by atoms with Gasteiger partial charge in [-0.3, -0.25) is 4.79 Å². The Hall–Kier alpha value is -1.04. The van der Waals surface area contributed by atoms with Crippen LogP contribution in [-0.2, 0) is 4.79 Å². The summed E-state index contributed by atoms with van der Waals surface area (Å²) in [6.07, 6.45) is 2.22. The highest BCUT2D eigenvalue weighted by Crippen LogP contribution is 2.39. The normalized spacial score (nSPS) is 31.0. The van der Waals surface area contributed by atoms with Gasteiger partial charge in [-0.1, -0.05) is 0 Å². The van der Waals surface area contributed by atoms with Crippen molar-refractivity contribution in [1.82, 2.24) is 0 Å². The molecule has 0 aromatic heterocycles. The number of nitrogens with zero attached hydrogens (tertiary/aromatic N) is 1. The van der Waals surface area contributed by atoms with Crippen molar-refractivity contribution in [2.75, 3.05) is 0 Å². The zero-order valence-electron chi connectivity index (χ0n) is 4.87. The number of primary amides is 1. The highest BCUT2D eigenvalue weighted by atomic mass is 16.1. The molecule has 3 heteroatoms. The lowest BCUT2D eigenvalue weighted by atomic mass is 10.2. The van der Waals surface area contributed by atoms with Crippen LogP contribution in [0.15, 0.2) is 0 Å². The number of carbonyl (C=O) groups is 1. The molecule has 47 valence electrons. The van der Waals surface area contributed by atoms with Crippen LogP contribution < -0.4 is 5.73 Å². The van der Waals surface area contributed by atoms with Gasteiger partial charge in [-0.25, -0.2) is 0 Å². The first kappa shape index (κ1) is 6.09. The summed E-state index contributed by atoms with van der Waals surface area (Å²) in [5, 5.41) is 8.27. The lowest BCUT2D eigenvalue weighted by molar-refractivity contribution is -0.115. The van der Waals surface area contributed by atoms with Gasteiger partial charge < -0.3 is 5.73 Å². The van der Waals surface area contributed by atoms with Crippen molar-refractivity contribution in [1.29, 1.82) is 5.26 Å². The molecule has 0 unspecified atom stereocenters. The molecule has 9 heavy (non-hydrogen) atoms. The summed E-state index contributed by atoms with van der Waals surface area (Å²) < 4.78 is 0. The molecular weight excluding hydrogens is 116 g/mol. The molecule has 0 aliphatic heterocycles. The molecule has 2 atom stereocenters. The molecule has 1 aliphatic rings. The Morgan fingerprint density at radius 3 is 2.89 bits per heavy atom. The van der Waals surface area contributed by atoms with Crippen molar-refractivity contribution in [3.05, 3.63) is 6.42 Å². The average Bonchev–Trinajstić information content (AvgIpc) is 2.45. The molecule has 3 nitrogen and oxygen atoms in total. The smallest absolute Gasteiger partial charge is 0.221 e. The first-order valence-corrected chi connectivity index (χ1v) is 2.78. The lowest BCUT2D eigenvalue weighted by Gasteiger charge is -1.85. The maximum atomic E-state index is 10.2. The van der Waals surface area contributed by atoms with Gasteiger partial charge in [0.1, 0.15) is 0 Å². The minimum Gasteiger partial charge on any atom is -0.369 e. The van der Waals surface area contributed by atoms with Gasteiger partial charge in [0.2, 0.25) is 5.91 Å². The first-order valence-electron chi connectivity index (χ1n) is 2.78. The lowest BCUT2D eigenvalue weighted by Crippen LogP contribution is -2.12. The molecule has 0 spiro atoms. The topological polar surface area (TPSA) is 66.9 Å². The number of nitriles is 1. The molecule has 1 saturated carbocycles. The van der Waals surface area contributed by atoms with Crippen LogP contribution in [0.1, 0.15) is 6.42 Å². The standard InChI is InChI=1S/C6H7N2O/c7-3-5-1-4(5)2-6(8)9/h2,4-5H,1H2,(H2,8,9)/t4-,5+/m0/s1. The number of rotatable bonds is 2. The van der Waals surface area contributed by atoms with Gasteiger partial charge in [0.15, 0.2) is 0 Å². The monoisotopic (exact) mass is 123 g/mol. The Kier molecular flexibility index (Phi) is 1.39. The number of carbonyl (C=O) groups excluding carboxylic acids is 1. The van der Waals surface area contributed by atoms with E-state index in [1.54, 1.807) is 0 Å². The van der Waals surface area contributed by atoms with E-state index in [9.17, 15) is 4.79 Å². The largest absolute Gasteiger partial charge is 0.369 e. The molecular formula is C6H7N2O. The Morgan fingerprint density at radius 2 is 2.56 bits per heavy atom. The van der Waals surface area contributed by atoms with Crippen LogP contribution >= 0.6 is 0 Å². The molecule has 1 amide bonds. The van der Waals surface area contributed by atoms with Gasteiger partial charge in [0, 0.05) is 0 Å². The summed E-state index contributed by atoms with van der Waals surface area (Å²) in [6, 6.07) is 2.06. The Bertz CT molecular complexity index is 170. The second-order valence-corrected chi connectivity index (χ2v) is 2.20. The van der Waals surface area contributed by atoms with Crippen LogP contribution in [0.5, 0.6) is 0 Å². The first-order chi connectivity index (χ1) is 4.24. The van der Waals surface area contributed by atoms with E-state index in [1.807, 2.05) is 0 Å². The van der Waals surface area contributed by atoms with E-state index < -0.39 is 5.91 Å². The van der Waals surface area contributed by atoms with E-state index in [1.165, 1.54) is 6.42 Å². The highest BCUT2D eigenvalue weighted by molar-refractivity contribution is 5.83. The zero-order valence-corrected chi connectivity index (χ0v) is 4.87. The summed E-state index contributed by atoms with van der Waals surface area (Å²) >= 11 is 0. The summed E-state index contributed by atoms with van der Waals surface area (Å²) in [4.78, 5) is 10.2. The van der Waals surface area contributed by atoms with E-state index in [2.05, 4.69) is 6.07 Å². The fourth-order valence-electron chi connectivity index (χ4n) is 0.758. The minimum absolute atomic E-state index is 0.0532. The van der Waals surface area contributed by atoms with E-state index in [4.69, 9.17) is 11.0 Å². The maximum Gasteiger partial charge on any atom is 0.221 e. The molecule has 0 aromatic carbocycles. The van der Waals surface area contributed by atoms with Crippen LogP contribution in [0.4, 0.5) is 0 Å². The van der Waals surface area contributed by atoms with Crippen molar-refractivity contribution >= 4 is 5.91 Å². The van der Waals surface area contributed by atoms with Crippen LogP contribution in [0, 0.1) is 29.6 Å². The summed E-state index contributed by atoms with van der Waals surface area (Å²) in [7, 11) is 0. The predicted molar refractivity (Wildman–Crippen MR) is 30.7 cm³/mol. The quantitative estimate of drug-likeness (QED) is 0.554. The second kappa shape index (κ2) is 2.06. The summed E-state index contributed by atoms with van der Waals surface area (Å²) in [5.41, 5.74) is 4.85. The Labute approximate surface area is 53.5 Å². The van der Waals surface area contributed by atoms with Gasteiger partial charge in [-0.15, -0.1) is 0 Å². The summed E-state index contributed by atoms with van der Waals surface area (Å²) in [5.74, 6) is -0.220. The van der Waals surface area contributed by atoms with Crippen LogP contribution in [-0.4, -0.2) is 5.91 Å². The molecule has 1 radical (unpaired) electrons. The third-order valence-electron chi connectivity index (χ3n) is 1.38. The highest BCUT2D eigenvalue weighted by Gasteiger charge is 2.38. The molecule has 1 rings (SSSR count). The van der Waals surface area contributed by atoms with Crippen molar-refractivity contribution in [2.45, 2.75) is 6.42 Å². The molecule has 1 fully saturated rings. The fraction of sp³-hybridized carbons (Fsp3) is 0.500. The third-order valence-corrected chi connectivity index (χ3v) is 1.38. The molecule has 2 N–H and O–H groups in total. The van der Waals surface area contributed by atoms with Gasteiger partial charge in [0.25, 0.3) is 0 Å². The number of hydrogen-bond donors (Lipinski definition) is 1. The SMILES string of the molecule is N#C[C@H]1C[C@H]1[CH]C(N)=O. The van der Waals surface area contributed by atoms with Crippen LogP contribution in [0.25, 0.3) is 0 Å². The van der Waals surface area contributed by atoms with E-state index in [-0.39, 0.29) is 11.8 Å². The van der Waals surface area contributed by atoms with Gasteiger partial charge >= 0.3 is 0 Å². The zero-order chi connectivity index (χ0) is 6.85. The third kappa shape index (κ3) is 1.43. The second-order valence-electron chi connectivity index (χ2n) is 2.20. The van der Waals surface area contributed by atoms with E-state index in [0.717, 1.165) is 6.42 Å². The van der Waals surface area contributed by atoms with E-state index >= 15 is 0 Å². The van der Waals surface area contributed by atoms with Crippen molar-refractivity contribution in [2.24, 2.45) is 17.6 Å². The van der Waals surface area contributed by atoms with Gasteiger partial charge in [-0.2, -0.15) is 5.26 Å². The van der Waals surface area contributed by atoms with Crippen molar-refractivity contribution < 1.29 is 4.79 Å². The number of hydrogen-bond acceptors (Lipinski definition) is 2. The Morgan fingerprint density at radius 1 is 1.89 bits per heavy atom. The van der Waals surface area contributed by atoms with Crippen molar-refractivity contribution in [3.8, 4) is 6.07 Å². The number of amides is 1. The average molecular weight is 123 g/mol. The van der Waals surface area contributed by atoms with E-state index in [0.29, 0.717) is 0 Å². The van der Waals surface area contributed by atoms with Gasteiger partial charge in [0.05, 0.1) is 18.4 Å². The molecule has 0 heterocycles. The molecule has 0 aromatic rings. The maximum absolute atomic E-state index is 10.2.